The average Bonchev–Trinajstić information content (AvgIpc) is 3.13. The normalized spacial score (nSPS) is 11.6. The molecule has 0 radical (unpaired) electrons. The van der Waals surface area contributed by atoms with Crippen LogP contribution >= 0.6 is 11.3 Å². The summed E-state index contributed by atoms with van der Waals surface area (Å²) < 4.78 is 5.29. The van der Waals surface area contributed by atoms with Crippen molar-refractivity contribution in [3.8, 4) is 0 Å². The molecule has 0 aliphatic heterocycles. The average molecular weight is 306 g/mol. The number of nitrogens with zero attached hydrogens (tertiary/aromatic N) is 2. The number of hydrogen-bond acceptors (Lipinski definition) is 4. The Morgan fingerprint density at radius 2 is 2.19 bits per heavy atom. The summed E-state index contributed by atoms with van der Waals surface area (Å²) in [7, 11) is 1.78. The standard InChI is InChI=1S/C15H22N4OS/c1-12-11-21-14(19-12)6-3-8-17-15(16-2)18-9-7-13-5-4-10-20-13/h4-5,10-11H,3,6-9H2,1-2H3,(H2,16,17,18). The van der Waals surface area contributed by atoms with Gasteiger partial charge in [-0.3, -0.25) is 4.99 Å². The second-order valence-electron chi connectivity index (χ2n) is 4.74. The van der Waals surface area contributed by atoms with E-state index < -0.39 is 0 Å². The van der Waals surface area contributed by atoms with Gasteiger partial charge in [-0.2, -0.15) is 0 Å². The largest absolute Gasteiger partial charge is 0.469 e. The summed E-state index contributed by atoms with van der Waals surface area (Å²) in [5.41, 5.74) is 1.11. The molecule has 5 nitrogen and oxygen atoms in total. The zero-order chi connectivity index (χ0) is 14.9. The quantitative estimate of drug-likeness (QED) is 0.468. The van der Waals surface area contributed by atoms with Gasteiger partial charge in [-0.05, 0) is 25.5 Å². The first-order valence-electron chi connectivity index (χ1n) is 7.16. The van der Waals surface area contributed by atoms with Crippen molar-refractivity contribution < 1.29 is 4.42 Å². The van der Waals surface area contributed by atoms with E-state index >= 15 is 0 Å². The van der Waals surface area contributed by atoms with E-state index in [4.69, 9.17) is 4.42 Å². The molecule has 0 fully saturated rings. The van der Waals surface area contributed by atoms with Crippen molar-refractivity contribution in [3.63, 3.8) is 0 Å². The highest BCUT2D eigenvalue weighted by molar-refractivity contribution is 7.09. The third kappa shape index (κ3) is 5.59. The van der Waals surface area contributed by atoms with Crippen molar-refractivity contribution in [1.82, 2.24) is 15.6 Å². The van der Waals surface area contributed by atoms with E-state index in [0.29, 0.717) is 0 Å². The van der Waals surface area contributed by atoms with Crippen molar-refractivity contribution in [2.75, 3.05) is 20.1 Å². The zero-order valence-corrected chi connectivity index (χ0v) is 13.4. The number of aromatic nitrogens is 1. The van der Waals surface area contributed by atoms with Crippen molar-refractivity contribution >= 4 is 17.3 Å². The zero-order valence-electron chi connectivity index (χ0n) is 12.6. The fourth-order valence-electron chi connectivity index (χ4n) is 1.94. The van der Waals surface area contributed by atoms with Gasteiger partial charge in [-0.1, -0.05) is 0 Å². The summed E-state index contributed by atoms with van der Waals surface area (Å²) in [6.45, 7) is 3.72. The highest BCUT2D eigenvalue weighted by Gasteiger charge is 2.01. The Kier molecular flexibility index (Phi) is 6.27. The van der Waals surface area contributed by atoms with E-state index in [0.717, 1.165) is 49.8 Å². The molecule has 0 saturated heterocycles. The fraction of sp³-hybridized carbons (Fsp3) is 0.467. The molecule has 0 aliphatic rings. The third-order valence-corrected chi connectivity index (χ3v) is 4.02. The predicted octanol–water partition coefficient (Wildman–Crippen LogP) is 2.38. The van der Waals surface area contributed by atoms with Gasteiger partial charge < -0.3 is 15.1 Å². The lowest BCUT2D eigenvalue weighted by Gasteiger charge is -2.10. The maximum absolute atomic E-state index is 5.29. The monoisotopic (exact) mass is 306 g/mol. The van der Waals surface area contributed by atoms with Crippen LogP contribution in [-0.4, -0.2) is 31.1 Å². The Hall–Kier alpha value is -1.82. The van der Waals surface area contributed by atoms with Crippen LogP contribution in [0.2, 0.25) is 0 Å². The Balaban J connectivity index is 1.59. The molecule has 0 aromatic carbocycles. The predicted molar refractivity (Wildman–Crippen MR) is 86.9 cm³/mol. The van der Waals surface area contributed by atoms with Gasteiger partial charge in [0, 0.05) is 44.1 Å². The Bertz CT molecular complexity index is 548. The first-order valence-corrected chi connectivity index (χ1v) is 8.04. The smallest absolute Gasteiger partial charge is 0.190 e. The topological polar surface area (TPSA) is 62.5 Å². The molecule has 21 heavy (non-hydrogen) atoms. The van der Waals surface area contributed by atoms with Crippen molar-refractivity contribution in [2.45, 2.75) is 26.2 Å². The lowest BCUT2D eigenvalue weighted by atomic mass is 10.3. The molecule has 0 spiro atoms. The first kappa shape index (κ1) is 15.6. The van der Waals surface area contributed by atoms with Gasteiger partial charge in [0.15, 0.2) is 5.96 Å². The Morgan fingerprint density at radius 3 is 2.86 bits per heavy atom. The van der Waals surface area contributed by atoms with Crippen molar-refractivity contribution in [3.05, 3.63) is 40.2 Å². The van der Waals surface area contributed by atoms with E-state index in [9.17, 15) is 0 Å². The van der Waals surface area contributed by atoms with Crippen LogP contribution < -0.4 is 10.6 Å². The summed E-state index contributed by atoms with van der Waals surface area (Å²) in [4.78, 5) is 8.67. The minimum Gasteiger partial charge on any atom is -0.469 e. The second-order valence-corrected chi connectivity index (χ2v) is 5.68. The molecule has 0 bridgehead atoms. The minimum absolute atomic E-state index is 0.804. The maximum Gasteiger partial charge on any atom is 0.190 e. The van der Waals surface area contributed by atoms with Crippen LogP contribution in [0.1, 0.15) is 22.9 Å². The molecule has 2 aromatic rings. The minimum atomic E-state index is 0.804. The molecule has 114 valence electrons. The van der Waals surface area contributed by atoms with Crippen molar-refractivity contribution in [2.24, 2.45) is 4.99 Å². The summed E-state index contributed by atoms with van der Waals surface area (Å²) >= 11 is 1.73. The molecule has 2 rings (SSSR count). The van der Waals surface area contributed by atoms with Crippen LogP contribution in [0.3, 0.4) is 0 Å². The SMILES string of the molecule is CN=C(NCCCc1nc(C)cs1)NCCc1ccco1. The molecule has 2 aromatic heterocycles. The van der Waals surface area contributed by atoms with Gasteiger partial charge in [0.05, 0.1) is 11.3 Å². The molecule has 0 amide bonds. The molecular weight excluding hydrogens is 284 g/mol. The molecule has 0 unspecified atom stereocenters. The summed E-state index contributed by atoms with van der Waals surface area (Å²) in [6.07, 6.45) is 4.61. The molecular formula is C15H22N4OS. The van der Waals surface area contributed by atoms with Gasteiger partial charge in [-0.25, -0.2) is 4.98 Å². The van der Waals surface area contributed by atoms with Gasteiger partial charge in [0.25, 0.3) is 0 Å². The lowest BCUT2D eigenvalue weighted by molar-refractivity contribution is 0.506. The van der Waals surface area contributed by atoms with Crippen LogP contribution in [0.4, 0.5) is 0 Å². The number of aryl methyl sites for hydroxylation is 2. The van der Waals surface area contributed by atoms with Crippen LogP contribution in [0.5, 0.6) is 0 Å². The number of aliphatic imine (C=N–C) groups is 1. The highest BCUT2D eigenvalue weighted by Crippen LogP contribution is 2.10. The number of furan rings is 1. The van der Waals surface area contributed by atoms with Crippen molar-refractivity contribution in [1.29, 1.82) is 0 Å². The highest BCUT2D eigenvalue weighted by atomic mass is 32.1. The molecule has 0 atom stereocenters. The number of hydrogen-bond donors (Lipinski definition) is 2. The second kappa shape index (κ2) is 8.46. The van der Waals surface area contributed by atoms with Crippen LogP contribution in [0.25, 0.3) is 0 Å². The molecule has 0 aliphatic carbocycles. The molecule has 2 N–H and O–H groups in total. The van der Waals surface area contributed by atoms with E-state index in [1.165, 1.54) is 5.01 Å². The Labute approximate surface area is 129 Å². The summed E-state index contributed by atoms with van der Waals surface area (Å²) in [5.74, 6) is 1.81. The van der Waals surface area contributed by atoms with Crippen LogP contribution in [-0.2, 0) is 12.8 Å². The van der Waals surface area contributed by atoms with Gasteiger partial charge >= 0.3 is 0 Å². The third-order valence-electron chi connectivity index (χ3n) is 2.99. The van der Waals surface area contributed by atoms with Gasteiger partial charge in [0.1, 0.15) is 5.76 Å². The molecule has 2 heterocycles. The number of nitrogens with one attached hydrogen (secondary N) is 2. The summed E-state index contributed by atoms with van der Waals surface area (Å²) in [6, 6.07) is 3.89. The van der Waals surface area contributed by atoms with E-state index in [1.807, 2.05) is 19.1 Å². The maximum atomic E-state index is 5.29. The Morgan fingerprint density at radius 1 is 1.33 bits per heavy atom. The number of guanidine groups is 1. The lowest BCUT2D eigenvalue weighted by Crippen LogP contribution is -2.38. The molecule has 6 heteroatoms. The first-order chi connectivity index (χ1) is 10.3. The van der Waals surface area contributed by atoms with E-state index in [-0.39, 0.29) is 0 Å². The number of thiazole rings is 1. The van der Waals surface area contributed by atoms with Crippen LogP contribution in [0.15, 0.2) is 33.2 Å². The fourth-order valence-corrected chi connectivity index (χ4v) is 2.76. The summed E-state index contributed by atoms with van der Waals surface area (Å²) in [5, 5.41) is 9.89. The van der Waals surface area contributed by atoms with Gasteiger partial charge in [0.2, 0.25) is 0 Å². The van der Waals surface area contributed by atoms with E-state index in [1.54, 1.807) is 24.6 Å². The van der Waals surface area contributed by atoms with E-state index in [2.05, 4.69) is 26.0 Å². The van der Waals surface area contributed by atoms with Crippen LogP contribution in [0, 0.1) is 6.92 Å². The molecule has 0 saturated carbocycles. The van der Waals surface area contributed by atoms with Gasteiger partial charge in [-0.15, -0.1) is 11.3 Å². The number of rotatable bonds is 7.